The first-order valence-electron chi connectivity index (χ1n) is 9.06. The third-order valence-electron chi connectivity index (χ3n) is 4.29. The van der Waals surface area contributed by atoms with E-state index in [2.05, 4.69) is 15.5 Å². The molecule has 2 aliphatic rings. The number of carboxylic acids is 1. The number of esters is 1. The van der Waals surface area contributed by atoms with Crippen LogP contribution in [0.3, 0.4) is 0 Å². The standard InChI is InChI=1S/C17H18FN5O7S2/c1-7(24)29-4-8-5-31-15-11(14(26)23(15)12(8)16(27)28)21-13(25)10(22-30-3-2-18)9-6-32-17(19)20-9/h6,11,15H,2-5H2,1H3,(H2,19,20)(H,21,25)(H,27,28)/t11-,15-/m1/s1. The Morgan fingerprint density at radius 3 is 2.81 bits per heavy atom. The Balaban J connectivity index is 1.77. The molecule has 0 unspecified atom stereocenters. The Morgan fingerprint density at radius 1 is 1.47 bits per heavy atom. The zero-order valence-electron chi connectivity index (χ0n) is 16.6. The van der Waals surface area contributed by atoms with Gasteiger partial charge in [-0.25, -0.2) is 14.2 Å². The van der Waals surface area contributed by atoms with Gasteiger partial charge in [-0.2, -0.15) is 0 Å². The summed E-state index contributed by atoms with van der Waals surface area (Å²) < 4.78 is 17.2. The van der Waals surface area contributed by atoms with E-state index in [1.807, 2.05) is 0 Å². The van der Waals surface area contributed by atoms with Crippen LogP contribution in [0.2, 0.25) is 0 Å². The fourth-order valence-corrected chi connectivity index (χ4v) is 4.81. The second-order valence-corrected chi connectivity index (χ2v) is 8.43. The lowest BCUT2D eigenvalue weighted by Gasteiger charge is -2.49. The summed E-state index contributed by atoms with van der Waals surface area (Å²) >= 11 is 2.25. The number of hydrogen-bond acceptors (Lipinski definition) is 11. The van der Waals surface area contributed by atoms with Gasteiger partial charge >= 0.3 is 11.9 Å². The summed E-state index contributed by atoms with van der Waals surface area (Å²) in [6.45, 7) is -0.284. The molecule has 2 aliphatic heterocycles. The van der Waals surface area contributed by atoms with E-state index in [1.165, 1.54) is 24.1 Å². The van der Waals surface area contributed by atoms with Gasteiger partial charge in [-0.1, -0.05) is 5.16 Å². The number of alkyl halides is 1. The predicted octanol–water partition coefficient (Wildman–Crippen LogP) is -0.283. The fraction of sp³-hybridized carbons (Fsp3) is 0.412. The van der Waals surface area contributed by atoms with Crippen LogP contribution in [0.1, 0.15) is 12.6 Å². The number of amides is 2. The first kappa shape index (κ1) is 23.5. The number of thioether (sulfide) groups is 1. The van der Waals surface area contributed by atoms with Gasteiger partial charge in [0.15, 0.2) is 10.8 Å². The lowest BCUT2D eigenvalue weighted by Crippen LogP contribution is -2.71. The van der Waals surface area contributed by atoms with Gasteiger partial charge in [-0.3, -0.25) is 19.3 Å². The number of aliphatic carboxylic acids is 1. The molecular formula is C17H18FN5O7S2. The fourth-order valence-electron chi connectivity index (χ4n) is 2.94. The monoisotopic (exact) mass is 487 g/mol. The summed E-state index contributed by atoms with van der Waals surface area (Å²) in [5.74, 6) is -3.23. The van der Waals surface area contributed by atoms with Gasteiger partial charge in [0.25, 0.3) is 11.8 Å². The molecule has 0 aromatic carbocycles. The van der Waals surface area contributed by atoms with E-state index in [1.54, 1.807) is 0 Å². The maximum Gasteiger partial charge on any atom is 0.352 e. The highest BCUT2D eigenvalue weighted by molar-refractivity contribution is 8.00. The number of rotatable bonds is 9. The van der Waals surface area contributed by atoms with E-state index >= 15 is 0 Å². The number of thiazole rings is 1. The molecule has 2 amide bonds. The molecule has 32 heavy (non-hydrogen) atoms. The molecule has 0 aliphatic carbocycles. The summed E-state index contributed by atoms with van der Waals surface area (Å²) in [7, 11) is 0. The van der Waals surface area contributed by atoms with Gasteiger partial charge in [0.1, 0.15) is 42.7 Å². The zero-order valence-corrected chi connectivity index (χ0v) is 18.2. The van der Waals surface area contributed by atoms with Crippen molar-refractivity contribution in [1.82, 2.24) is 15.2 Å². The molecule has 0 radical (unpaired) electrons. The van der Waals surface area contributed by atoms with Crippen LogP contribution in [0.4, 0.5) is 9.52 Å². The van der Waals surface area contributed by atoms with Crippen molar-refractivity contribution in [3.05, 3.63) is 22.3 Å². The SMILES string of the molecule is CC(=O)OCC1=C(C(=O)O)N2C(=O)[C@@H](NC(=O)C(=NOCCF)c3csc(N)n3)[C@H]2SC1. The number of aromatic nitrogens is 1. The molecule has 0 bridgehead atoms. The zero-order chi connectivity index (χ0) is 23.4. The Morgan fingerprint density at radius 2 is 2.22 bits per heavy atom. The molecule has 3 heterocycles. The molecule has 1 aromatic heterocycles. The van der Waals surface area contributed by atoms with E-state index in [0.717, 1.165) is 16.2 Å². The summed E-state index contributed by atoms with van der Waals surface area (Å²) in [5, 5.41) is 16.6. The number of carbonyl (C=O) groups is 4. The summed E-state index contributed by atoms with van der Waals surface area (Å²) in [5.41, 5.74) is 5.35. The van der Waals surface area contributed by atoms with Crippen molar-refractivity contribution in [1.29, 1.82) is 0 Å². The number of fused-ring (bicyclic) bond motifs is 1. The number of oxime groups is 1. The predicted molar refractivity (Wildman–Crippen MR) is 111 cm³/mol. The average Bonchev–Trinajstić information content (AvgIpc) is 3.18. The number of β-lactam (4-membered cyclic amide) rings is 1. The molecule has 4 N–H and O–H groups in total. The minimum atomic E-state index is -1.35. The molecule has 1 aromatic rings. The molecule has 172 valence electrons. The average molecular weight is 487 g/mol. The number of carboxylic acid groups (broad SMARTS) is 1. The van der Waals surface area contributed by atoms with Gasteiger partial charge in [0.2, 0.25) is 0 Å². The second kappa shape index (κ2) is 9.95. The first-order valence-corrected chi connectivity index (χ1v) is 11.0. The number of halogens is 1. The van der Waals surface area contributed by atoms with Crippen LogP contribution in [-0.2, 0) is 28.8 Å². The van der Waals surface area contributed by atoms with Crippen molar-refractivity contribution in [2.24, 2.45) is 5.16 Å². The lowest BCUT2D eigenvalue weighted by molar-refractivity contribution is -0.150. The van der Waals surface area contributed by atoms with Crippen LogP contribution in [0, 0.1) is 0 Å². The molecule has 12 nitrogen and oxygen atoms in total. The van der Waals surface area contributed by atoms with Crippen molar-refractivity contribution >= 4 is 57.7 Å². The van der Waals surface area contributed by atoms with Crippen molar-refractivity contribution in [3.63, 3.8) is 0 Å². The van der Waals surface area contributed by atoms with E-state index in [-0.39, 0.29) is 46.8 Å². The third kappa shape index (κ3) is 4.83. The molecule has 2 atom stereocenters. The summed E-state index contributed by atoms with van der Waals surface area (Å²) in [6, 6.07) is -1.04. The molecular weight excluding hydrogens is 469 g/mol. The van der Waals surface area contributed by atoms with Crippen molar-refractivity contribution in [2.75, 3.05) is 31.4 Å². The molecule has 1 fully saturated rings. The van der Waals surface area contributed by atoms with Gasteiger partial charge in [0, 0.05) is 23.6 Å². The lowest BCUT2D eigenvalue weighted by atomic mass is 10.0. The Hall–Kier alpha value is -3.20. The van der Waals surface area contributed by atoms with Crippen LogP contribution in [0.25, 0.3) is 0 Å². The van der Waals surface area contributed by atoms with E-state index in [9.17, 15) is 28.7 Å². The smallest absolute Gasteiger partial charge is 0.352 e. The van der Waals surface area contributed by atoms with Crippen molar-refractivity contribution < 1.29 is 38.2 Å². The number of hydrogen-bond donors (Lipinski definition) is 3. The van der Waals surface area contributed by atoms with Crippen LogP contribution < -0.4 is 11.1 Å². The van der Waals surface area contributed by atoms with Crippen LogP contribution in [-0.4, -0.2) is 81.5 Å². The largest absolute Gasteiger partial charge is 0.477 e. The van der Waals surface area contributed by atoms with Gasteiger partial charge in [-0.05, 0) is 0 Å². The maximum absolute atomic E-state index is 12.8. The highest BCUT2D eigenvalue weighted by Gasteiger charge is 2.54. The van der Waals surface area contributed by atoms with Crippen LogP contribution in [0.15, 0.2) is 21.8 Å². The van der Waals surface area contributed by atoms with Gasteiger partial charge in [-0.15, -0.1) is 23.1 Å². The number of ether oxygens (including phenoxy) is 1. The highest BCUT2D eigenvalue weighted by atomic mass is 32.2. The molecule has 0 spiro atoms. The number of nitrogens with zero attached hydrogens (tertiary/aromatic N) is 3. The number of nitrogens with two attached hydrogens (primary N) is 1. The van der Waals surface area contributed by atoms with Crippen molar-refractivity contribution in [2.45, 2.75) is 18.3 Å². The molecule has 1 saturated heterocycles. The maximum atomic E-state index is 12.8. The van der Waals surface area contributed by atoms with Gasteiger partial charge < -0.3 is 25.7 Å². The number of nitrogen functional groups attached to an aromatic ring is 1. The van der Waals surface area contributed by atoms with Crippen molar-refractivity contribution in [3.8, 4) is 0 Å². The third-order valence-corrected chi connectivity index (χ3v) is 6.30. The number of anilines is 1. The minimum absolute atomic E-state index is 0.0820. The highest BCUT2D eigenvalue weighted by Crippen LogP contribution is 2.40. The Kier molecular flexibility index (Phi) is 7.29. The number of nitrogens with one attached hydrogen (secondary N) is 1. The van der Waals surface area contributed by atoms with E-state index in [4.69, 9.17) is 15.3 Å². The molecule has 15 heteroatoms. The molecule has 3 rings (SSSR count). The summed E-state index contributed by atoms with van der Waals surface area (Å²) in [4.78, 5) is 58.0. The first-order chi connectivity index (χ1) is 15.2. The van der Waals surface area contributed by atoms with Crippen LogP contribution >= 0.6 is 23.1 Å². The Labute approximate surface area is 188 Å². The van der Waals surface area contributed by atoms with E-state index < -0.39 is 41.8 Å². The quantitative estimate of drug-likeness (QED) is 0.138. The Bertz CT molecular complexity index is 1010. The molecule has 0 saturated carbocycles. The second-order valence-electron chi connectivity index (χ2n) is 6.43. The topological polar surface area (TPSA) is 174 Å². The van der Waals surface area contributed by atoms with Crippen LogP contribution in [0.5, 0.6) is 0 Å². The normalized spacial score (nSPS) is 20.4. The summed E-state index contributed by atoms with van der Waals surface area (Å²) in [6.07, 6.45) is 0. The minimum Gasteiger partial charge on any atom is -0.477 e. The number of carbonyl (C=O) groups excluding carboxylic acids is 3. The van der Waals surface area contributed by atoms with E-state index in [0.29, 0.717) is 0 Å². The van der Waals surface area contributed by atoms with Gasteiger partial charge in [0.05, 0.1) is 0 Å².